The number of carbonyl (C=O) groups is 1. The molecule has 0 fully saturated rings. The first-order valence-electron chi connectivity index (χ1n) is 5.38. The van der Waals surface area contributed by atoms with Crippen molar-refractivity contribution in [3.63, 3.8) is 0 Å². The number of hydrogen-bond acceptors (Lipinski definition) is 4. The van der Waals surface area contributed by atoms with Gasteiger partial charge in [0, 0.05) is 13.2 Å². The second-order valence-corrected chi connectivity index (χ2v) is 3.68. The molecule has 4 heteroatoms. The summed E-state index contributed by atoms with van der Waals surface area (Å²) in [5, 5.41) is 0. The van der Waals surface area contributed by atoms with Crippen LogP contribution >= 0.6 is 0 Å². The van der Waals surface area contributed by atoms with Gasteiger partial charge in [0.1, 0.15) is 6.79 Å². The van der Waals surface area contributed by atoms with Crippen LogP contribution in [-0.2, 0) is 19.0 Å². The third-order valence-electron chi connectivity index (χ3n) is 2.24. The molecule has 0 saturated heterocycles. The summed E-state index contributed by atoms with van der Waals surface area (Å²) < 4.78 is 15.4. The molecule has 2 atom stereocenters. The van der Waals surface area contributed by atoms with Crippen LogP contribution in [0.25, 0.3) is 0 Å². The SMILES string of the molecule is COCO[C@H]1/C=C/C=C\C(=O)O[C@H](C)CC1. The van der Waals surface area contributed by atoms with Gasteiger partial charge in [-0.15, -0.1) is 0 Å². The monoisotopic (exact) mass is 226 g/mol. The standard InChI is InChI=1S/C12H18O4/c1-10-7-8-11(15-9-14-2)5-3-4-6-12(13)16-10/h3-6,10-11H,7-9H2,1-2H3/b5-3+,6-4-/t10-,11+/m1/s1. The van der Waals surface area contributed by atoms with Crippen molar-refractivity contribution in [1.29, 1.82) is 0 Å². The molecule has 0 amide bonds. The van der Waals surface area contributed by atoms with E-state index in [4.69, 9.17) is 14.2 Å². The molecule has 1 rings (SSSR count). The van der Waals surface area contributed by atoms with Crippen molar-refractivity contribution in [3.05, 3.63) is 24.3 Å². The molecule has 0 aromatic heterocycles. The Labute approximate surface area is 95.9 Å². The van der Waals surface area contributed by atoms with Crippen LogP contribution in [0.5, 0.6) is 0 Å². The molecule has 1 aliphatic heterocycles. The van der Waals surface area contributed by atoms with Gasteiger partial charge in [-0.1, -0.05) is 18.2 Å². The van der Waals surface area contributed by atoms with Gasteiger partial charge in [0.15, 0.2) is 0 Å². The molecule has 0 N–H and O–H groups in total. The van der Waals surface area contributed by atoms with Gasteiger partial charge in [-0.25, -0.2) is 4.79 Å². The lowest BCUT2D eigenvalue weighted by molar-refractivity contribution is -0.143. The van der Waals surface area contributed by atoms with Gasteiger partial charge in [-0.3, -0.25) is 0 Å². The third kappa shape index (κ3) is 5.09. The fourth-order valence-corrected chi connectivity index (χ4v) is 1.41. The van der Waals surface area contributed by atoms with E-state index >= 15 is 0 Å². The topological polar surface area (TPSA) is 44.8 Å². The summed E-state index contributed by atoms with van der Waals surface area (Å²) in [6.07, 6.45) is 8.27. The van der Waals surface area contributed by atoms with E-state index in [0.29, 0.717) is 0 Å². The second-order valence-electron chi connectivity index (χ2n) is 3.68. The lowest BCUT2D eigenvalue weighted by Gasteiger charge is -2.17. The maximum absolute atomic E-state index is 11.2. The smallest absolute Gasteiger partial charge is 0.331 e. The van der Waals surface area contributed by atoms with Crippen molar-refractivity contribution in [2.45, 2.75) is 32.0 Å². The minimum absolute atomic E-state index is 0.00357. The molecular formula is C12H18O4. The van der Waals surface area contributed by atoms with Crippen LogP contribution in [0.15, 0.2) is 24.3 Å². The number of rotatable bonds is 3. The maximum Gasteiger partial charge on any atom is 0.331 e. The summed E-state index contributed by atoms with van der Waals surface area (Å²) in [5.41, 5.74) is 0. The Kier molecular flexibility index (Phi) is 5.82. The van der Waals surface area contributed by atoms with E-state index in [2.05, 4.69) is 0 Å². The van der Waals surface area contributed by atoms with Crippen LogP contribution in [0.1, 0.15) is 19.8 Å². The Morgan fingerprint density at radius 1 is 1.44 bits per heavy atom. The summed E-state index contributed by atoms with van der Waals surface area (Å²) in [6.45, 7) is 2.15. The fraction of sp³-hybridized carbons (Fsp3) is 0.583. The minimum atomic E-state index is -0.298. The van der Waals surface area contributed by atoms with Crippen LogP contribution < -0.4 is 0 Å². The fourth-order valence-electron chi connectivity index (χ4n) is 1.41. The molecule has 0 radical (unpaired) electrons. The van der Waals surface area contributed by atoms with Gasteiger partial charge < -0.3 is 14.2 Å². The van der Waals surface area contributed by atoms with Gasteiger partial charge in [-0.2, -0.15) is 0 Å². The average molecular weight is 226 g/mol. The van der Waals surface area contributed by atoms with E-state index in [1.54, 1.807) is 19.3 Å². The normalized spacial score (nSPS) is 30.5. The van der Waals surface area contributed by atoms with E-state index in [0.717, 1.165) is 12.8 Å². The van der Waals surface area contributed by atoms with Crippen LogP contribution in [0, 0.1) is 0 Å². The Bertz CT molecular complexity index is 270. The number of allylic oxidation sites excluding steroid dienone is 2. The van der Waals surface area contributed by atoms with E-state index in [9.17, 15) is 4.79 Å². The van der Waals surface area contributed by atoms with Gasteiger partial charge in [0.2, 0.25) is 0 Å². The zero-order valence-electron chi connectivity index (χ0n) is 9.72. The summed E-state index contributed by atoms with van der Waals surface area (Å²) in [4.78, 5) is 11.2. The third-order valence-corrected chi connectivity index (χ3v) is 2.24. The van der Waals surface area contributed by atoms with Crippen LogP contribution in [0.3, 0.4) is 0 Å². The molecule has 0 unspecified atom stereocenters. The molecule has 0 saturated carbocycles. The first-order chi connectivity index (χ1) is 7.72. The van der Waals surface area contributed by atoms with Crippen molar-refractivity contribution < 1.29 is 19.0 Å². The number of cyclic esters (lactones) is 1. The highest BCUT2D eigenvalue weighted by Gasteiger charge is 2.12. The number of carbonyl (C=O) groups excluding carboxylic acids is 1. The first kappa shape index (κ1) is 12.9. The lowest BCUT2D eigenvalue weighted by atomic mass is 10.1. The Hall–Kier alpha value is -1.13. The van der Waals surface area contributed by atoms with Gasteiger partial charge >= 0.3 is 5.97 Å². The van der Waals surface area contributed by atoms with Gasteiger partial charge in [0.25, 0.3) is 0 Å². The van der Waals surface area contributed by atoms with Crippen molar-refractivity contribution in [2.24, 2.45) is 0 Å². The lowest BCUT2D eigenvalue weighted by Crippen LogP contribution is -2.18. The number of methoxy groups -OCH3 is 1. The predicted molar refractivity (Wildman–Crippen MR) is 59.8 cm³/mol. The summed E-state index contributed by atoms with van der Waals surface area (Å²) in [5.74, 6) is -0.298. The largest absolute Gasteiger partial charge is 0.460 e. The van der Waals surface area contributed by atoms with Crippen LogP contribution in [0.4, 0.5) is 0 Å². The summed E-state index contributed by atoms with van der Waals surface area (Å²) >= 11 is 0. The quantitative estimate of drug-likeness (QED) is 0.544. The number of esters is 1. The highest BCUT2D eigenvalue weighted by atomic mass is 16.7. The minimum Gasteiger partial charge on any atom is -0.460 e. The number of ether oxygens (including phenoxy) is 3. The Morgan fingerprint density at radius 3 is 3.00 bits per heavy atom. The van der Waals surface area contributed by atoms with Crippen LogP contribution in [0.2, 0.25) is 0 Å². The summed E-state index contributed by atoms with van der Waals surface area (Å²) in [6, 6.07) is 0. The molecule has 16 heavy (non-hydrogen) atoms. The second kappa shape index (κ2) is 7.19. The maximum atomic E-state index is 11.2. The average Bonchev–Trinajstić information content (AvgIpc) is 2.26. The first-order valence-corrected chi connectivity index (χ1v) is 5.38. The van der Waals surface area contributed by atoms with Crippen LogP contribution in [-0.4, -0.2) is 32.1 Å². The molecule has 0 bridgehead atoms. The van der Waals surface area contributed by atoms with Crippen molar-refractivity contribution in [2.75, 3.05) is 13.9 Å². The zero-order chi connectivity index (χ0) is 11.8. The van der Waals surface area contributed by atoms with Gasteiger partial charge in [-0.05, 0) is 19.8 Å². The molecule has 90 valence electrons. The van der Waals surface area contributed by atoms with Crippen molar-refractivity contribution in [1.82, 2.24) is 0 Å². The molecule has 1 heterocycles. The van der Waals surface area contributed by atoms with E-state index in [1.807, 2.05) is 13.0 Å². The van der Waals surface area contributed by atoms with Gasteiger partial charge in [0.05, 0.1) is 12.2 Å². The Morgan fingerprint density at radius 2 is 2.25 bits per heavy atom. The van der Waals surface area contributed by atoms with E-state index < -0.39 is 0 Å². The molecule has 4 nitrogen and oxygen atoms in total. The highest BCUT2D eigenvalue weighted by molar-refractivity contribution is 5.82. The molecule has 1 aliphatic rings. The molecule has 0 aliphatic carbocycles. The molecule has 0 spiro atoms. The molecular weight excluding hydrogens is 208 g/mol. The van der Waals surface area contributed by atoms with Crippen molar-refractivity contribution >= 4 is 5.97 Å². The Balaban J connectivity index is 2.55. The van der Waals surface area contributed by atoms with Crippen molar-refractivity contribution in [3.8, 4) is 0 Å². The summed E-state index contributed by atoms with van der Waals surface area (Å²) in [7, 11) is 1.59. The van der Waals surface area contributed by atoms with E-state index in [1.165, 1.54) is 6.08 Å². The predicted octanol–water partition coefficient (Wildman–Crippen LogP) is 1.81. The molecule has 0 aromatic rings. The number of hydrogen-bond donors (Lipinski definition) is 0. The highest BCUT2D eigenvalue weighted by Crippen LogP contribution is 2.11. The zero-order valence-corrected chi connectivity index (χ0v) is 9.72. The van der Waals surface area contributed by atoms with E-state index in [-0.39, 0.29) is 25.0 Å². The molecule has 0 aromatic carbocycles.